The molecule has 0 unspecified atom stereocenters. The number of ether oxygens (including phenoxy) is 1. The Balaban J connectivity index is 1.77. The second kappa shape index (κ2) is 10.8. The molecule has 11 nitrogen and oxygen atoms in total. The lowest BCUT2D eigenvalue weighted by Crippen LogP contribution is -2.45. The van der Waals surface area contributed by atoms with E-state index in [0.29, 0.717) is 6.41 Å². The number of benzene rings is 1. The minimum atomic E-state index is -0.886. The molecule has 2 saturated heterocycles. The Morgan fingerprint density at radius 3 is 2.53 bits per heavy atom. The van der Waals surface area contributed by atoms with Gasteiger partial charge in [-0.25, -0.2) is 24.4 Å². The fourth-order valence-electron chi connectivity index (χ4n) is 3.84. The van der Waals surface area contributed by atoms with Crippen molar-refractivity contribution in [2.45, 2.75) is 13.0 Å². The molecule has 34 heavy (non-hydrogen) atoms. The number of carbonyl (C=O) groups is 3. The Kier molecular flexibility index (Phi) is 7.89. The molecule has 3 rings (SSSR count). The molecule has 4 N–H and O–H groups in total. The van der Waals surface area contributed by atoms with Crippen molar-refractivity contribution < 1.29 is 27.9 Å². The van der Waals surface area contributed by atoms with E-state index in [1.54, 1.807) is 13.0 Å². The van der Waals surface area contributed by atoms with Crippen LogP contribution in [0.4, 0.5) is 25.0 Å². The van der Waals surface area contributed by atoms with Crippen LogP contribution in [0.5, 0.6) is 0 Å². The number of amides is 3. The van der Waals surface area contributed by atoms with E-state index in [0.717, 1.165) is 17.0 Å². The average molecular weight is 479 g/mol. The summed E-state index contributed by atoms with van der Waals surface area (Å²) in [5.41, 5.74) is 4.96. The second-order valence-corrected chi connectivity index (χ2v) is 7.63. The summed E-state index contributed by atoms with van der Waals surface area (Å²) in [4.78, 5) is 38.5. The number of cyclic esters (lactones) is 1. The monoisotopic (exact) mass is 479 g/mol. The molecule has 3 amide bonds. The van der Waals surface area contributed by atoms with Crippen molar-refractivity contribution in [2.75, 3.05) is 49.1 Å². The molecule has 1 aromatic carbocycles. The van der Waals surface area contributed by atoms with Crippen molar-refractivity contribution >= 4 is 29.8 Å². The summed E-state index contributed by atoms with van der Waals surface area (Å²) in [5, 5.41) is 3.63. The summed E-state index contributed by atoms with van der Waals surface area (Å²) in [6.45, 7) is 2.15. The first-order chi connectivity index (χ1) is 16.3. The van der Waals surface area contributed by atoms with E-state index >= 15 is 8.78 Å². The summed E-state index contributed by atoms with van der Waals surface area (Å²) in [6, 6.07) is 2.10. The molecule has 1 aromatic rings. The van der Waals surface area contributed by atoms with Crippen LogP contribution in [0, 0.1) is 11.6 Å². The predicted octanol–water partition coefficient (Wildman–Crippen LogP) is 0.494. The first kappa shape index (κ1) is 24.8. The van der Waals surface area contributed by atoms with Crippen LogP contribution in [-0.2, 0) is 14.3 Å². The second-order valence-electron chi connectivity index (χ2n) is 7.63. The number of hydrazine groups is 2. The molecule has 2 aliphatic rings. The Labute approximate surface area is 195 Å². The van der Waals surface area contributed by atoms with Crippen molar-refractivity contribution in [3.63, 3.8) is 0 Å². The maximum absolute atomic E-state index is 15.1. The van der Waals surface area contributed by atoms with Gasteiger partial charge in [-0.1, -0.05) is 6.08 Å². The van der Waals surface area contributed by atoms with E-state index in [9.17, 15) is 14.4 Å². The van der Waals surface area contributed by atoms with Crippen LogP contribution in [0.25, 0.3) is 0 Å². The van der Waals surface area contributed by atoms with Crippen LogP contribution in [0.15, 0.2) is 36.7 Å². The van der Waals surface area contributed by atoms with Crippen LogP contribution in [0.1, 0.15) is 6.92 Å². The highest BCUT2D eigenvalue weighted by atomic mass is 19.1. The Morgan fingerprint density at radius 2 is 1.91 bits per heavy atom. The normalized spacial score (nSPS) is 19.2. The van der Waals surface area contributed by atoms with Gasteiger partial charge in [0, 0.05) is 43.7 Å². The molecule has 1 atom stereocenters. The van der Waals surface area contributed by atoms with Gasteiger partial charge in [0.1, 0.15) is 11.8 Å². The number of allylic oxidation sites excluding steroid dienone is 1. The van der Waals surface area contributed by atoms with Crippen molar-refractivity contribution in [3.8, 4) is 0 Å². The van der Waals surface area contributed by atoms with Crippen LogP contribution in [0.3, 0.4) is 0 Å². The summed E-state index contributed by atoms with van der Waals surface area (Å²) in [5.74, 6) is 3.52. The first-order valence-electron chi connectivity index (χ1n) is 10.6. The van der Waals surface area contributed by atoms with Crippen molar-refractivity contribution in [1.29, 1.82) is 0 Å². The lowest BCUT2D eigenvalue weighted by molar-refractivity contribution is -0.151. The van der Waals surface area contributed by atoms with Crippen molar-refractivity contribution in [3.05, 3.63) is 48.3 Å². The van der Waals surface area contributed by atoms with Crippen LogP contribution >= 0.6 is 0 Å². The summed E-state index contributed by atoms with van der Waals surface area (Å²) >= 11 is 0. The number of hydrogen-bond acceptors (Lipinski definition) is 8. The lowest BCUT2D eigenvalue weighted by atomic mass is 10.2. The molecule has 0 aromatic heterocycles. The minimum Gasteiger partial charge on any atom is -0.442 e. The standard InChI is InChI=1S/C21H27F2N7O4/c1-2-3-19(32)30-9-7-26(6-8-28(30)14-31)20-17(22)10-15(11-18(20)23)29-13-16(34-21(29)33)12-27(25)5-4-24/h2-5,10-11,14,16H,6-9,12-13,24-25H2,1H3/b3-2-,5-4-/t16-/m0/s1. The van der Waals surface area contributed by atoms with Gasteiger partial charge in [-0.05, 0) is 6.92 Å². The van der Waals surface area contributed by atoms with Gasteiger partial charge in [0.2, 0.25) is 6.41 Å². The average Bonchev–Trinajstić information content (AvgIpc) is 3.00. The fraction of sp³-hybridized carbons (Fsp3) is 0.381. The van der Waals surface area contributed by atoms with Crippen molar-refractivity contribution in [1.82, 2.24) is 15.0 Å². The van der Waals surface area contributed by atoms with Crippen LogP contribution in [-0.4, -0.2) is 78.8 Å². The van der Waals surface area contributed by atoms with E-state index < -0.39 is 29.7 Å². The molecule has 2 heterocycles. The van der Waals surface area contributed by atoms with Gasteiger partial charge in [-0.3, -0.25) is 19.5 Å². The lowest BCUT2D eigenvalue weighted by Gasteiger charge is -2.28. The minimum absolute atomic E-state index is 0.00147. The largest absolute Gasteiger partial charge is 0.442 e. The third-order valence-corrected chi connectivity index (χ3v) is 5.37. The maximum Gasteiger partial charge on any atom is 0.414 e. The molecular formula is C21H27F2N7O4. The molecular weight excluding hydrogens is 452 g/mol. The van der Waals surface area contributed by atoms with E-state index in [4.69, 9.17) is 16.3 Å². The van der Waals surface area contributed by atoms with Gasteiger partial charge < -0.3 is 20.4 Å². The quantitative estimate of drug-likeness (QED) is 0.250. The fourth-order valence-corrected chi connectivity index (χ4v) is 3.84. The Morgan fingerprint density at radius 1 is 1.24 bits per heavy atom. The van der Waals surface area contributed by atoms with Crippen LogP contribution < -0.4 is 21.4 Å². The Bertz CT molecular complexity index is 967. The predicted molar refractivity (Wildman–Crippen MR) is 120 cm³/mol. The van der Waals surface area contributed by atoms with Gasteiger partial charge >= 0.3 is 6.09 Å². The smallest absolute Gasteiger partial charge is 0.414 e. The Hall–Kier alpha value is -3.87. The van der Waals surface area contributed by atoms with Gasteiger partial charge in [0.25, 0.3) is 5.91 Å². The zero-order valence-corrected chi connectivity index (χ0v) is 18.6. The zero-order valence-electron chi connectivity index (χ0n) is 18.6. The molecule has 0 radical (unpaired) electrons. The third-order valence-electron chi connectivity index (χ3n) is 5.37. The number of nitrogens with zero attached hydrogens (tertiary/aromatic N) is 5. The third kappa shape index (κ3) is 5.36. The number of anilines is 2. The molecule has 184 valence electrons. The highest BCUT2D eigenvalue weighted by Gasteiger charge is 2.34. The first-order valence-corrected chi connectivity index (χ1v) is 10.6. The van der Waals surface area contributed by atoms with Crippen LogP contribution in [0.2, 0.25) is 0 Å². The highest BCUT2D eigenvalue weighted by molar-refractivity contribution is 5.90. The summed E-state index contributed by atoms with van der Waals surface area (Å²) in [7, 11) is 0. The summed E-state index contributed by atoms with van der Waals surface area (Å²) < 4.78 is 35.4. The highest BCUT2D eigenvalue weighted by Crippen LogP contribution is 2.31. The molecule has 0 saturated carbocycles. The molecule has 0 aliphatic carbocycles. The number of nitrogens with two attached hydrogens (primary N) is 2. The maximum atomic E-state index is 15.1. The molecule has 0 bridgehead atoms. The number of rotatable bonds is 7. The molecule has 2 fully saturated rings. The zero-order chi connectivity index (χ0) is 24.8. The topological polar surface area (TPSA) is 129 Å². The number of carbonyl (C=O) groups excluding carboxylic acids is 3. The van der Waals surface area contributed by atoms with Gasteiger partial charge in [0.15, 0.2) is 11.6 Å². The molecule has 2 aliphatic heterocycles. The SMILES string of the molecule is C/C=C\C(=O)N1CCN(c2c(F)cc(N3C[C@H](CN(N)/C=C\N)OC3=O)cc2F)CCN1C=O. The van der Waals surface area contributed by atoms with E-state index in [1.807, 2.05) is 0 Å². The summed E-state index contributed by atoms with van der Waals surface area (Å²) in [6.07, 6.45) is 4.59. The molecule has 0 spiro atoms. The van der Waals surface area contributed by atoms with Crippen molar-refractivity contribution in [2.24, 2.45) is 11.6 Å². The van der Waals surface area contributed by atoms with Gasteiger partial charge in [-0.15, -0.1) is 0 Å². The van der Waals surface area contributed by atoms with E-state index in [1.165, 1.54) is 38.4 Å². The van der Waals surface area contributed by atoms with E-state index in [-0.39, 0.29) is 50.6 Å². The van der Waals surface area contributed by atoms with Gasteiger partial charge in [0.05, 0.1) is 31.9 Å². The van der Waals surface area contributed by atoms with Gasteiger partial charge in [-0.2, -0.15) is 0 Å². The molecule has 13 heteroatoms. The number of hydrogen-bond donors (Lipinski definition) is 2. The van der Waals surface area contributed by atoms with E-state index in [2.05, 4.69) is 0 Å². The number of halogens is 2.